The van der Waals surface area contributed by atoms with E-state index in [1.54, 1.807) is 12.1 Å². The van der Waals surface area contributed by atoms with Gasteiger partial charge < -0.3 is 4.74 Å². The maximum Gasteiger partial charge on any atom is 0.337 e. The van der Waals surface area contributed by atoms with Gasteiger partial charge in [0.15, 0.2) is 0 Å². The van der Waals surface area contributed by atoms with Crippen molar-refractivity contribution in [2.45, 2.75) is 5.54 Å². The van der Waals surface area contributed by atoms with Crippen molar-refractivity contribution in [2.24, 2.45) is 0 Å². The van der Waals surface area contributed by atoms with Gasteiger partial charge in [0.1, 0.15) is 11.2 Å². The highest BCUT2D eigenvalue weighted by atomic mass is 79.9. The van der Waals surface area contributed by atoms with E-state index in [4.69, 9.17) is 9.84 Å². The second kappa shape index (κ2) is 11.4. The number of methoxy groups -OCH3 is 1. The lowest BCUT2D eigenvalue weighted by atomic mass is 9.77. The largest absolute Gasteiger partial charge is 0.465 e. The summed E-state index contributed by atoms with van der Waals surface area (Å²) in [5, 5.41) is 5.24. The number of esters is 1. The van der Waals surface area contributed by atoms with Gasteiger partial charge >= 0.3 is 5.97 Å². The molecule has 0 radical (unpaired) electrons. The summed E-state index contributed by atoms with van der Waals surface area (Å²) in [5.41, 5.74) is 7.10. The van der Waals surface area contributed by atoms with Crippen LogP contribution >= 0.6 is 15.9 Å². The molecular formula is C36H27BrN2O2. The molecule has 0 saturated heterocycles. The van der Waals surface area contributed by atoms with Crippen LogP contribution in [-0.2, 0) is 10.3 Å². The summed E-state index contributed by atoms with van der Waals surface area (Å²) in [7, 11) is 1.39. The van der Waals surface area contributed by atoms with Crippen molar-refractivity contribution >= 4 is 21.9 Å². The smallest absolute Gasteiger partial charge is 0.337 e. The van der Waals surface area contributed by atoms with Gasteiger partial charge in [-0.2, -0.15) is 5.10 Å². The van der Waals surface area contributed by atoms with Crippen LogP contribution in [0.25, 0.3) is 22.4 Å². The number of rotatable bonds is 7. The summed E-state index contributed by atoms with van der Waals surface area (Å²) >= 11 is 3.83. The number of aromatic nitrogens is 2. The van der Waals surface area contributed by atoms with Crippen LogP contribution in [0, 0.1) is 0 Å². The normalized spacial score (nSPS) is 11.3. The Morgan fingerprint density at radius 3 is 1.49 bits per heavy atom. The molecule has 0 aliphatic heterocycles. The highest BCUT2D eigenvalue weighted by Crippen LogP contribution is 2.42. The lowest BCUT2D eigenvalue weighted by Gasteiger charge is -2.36. The lowest BCUT2D eigenvalue weighted by Crippen LogP contribution is -2.38. The Morgan fingerprint density at radius 2 is 1.05 bits per heavy atom. The molecular weight excluding hydrogens is 572 g/mol. The van der Waals surface area contributed by atoms with E-state index in [0.29, 0.717) is 5.56 Å². The third kappa shape index (κ3) is 4.90. The fourth-order valence-electron chi connectivity index (χ4n) is 5.39. The standard InChI is InChI=1S/C36H27BrN2O2/c1-41-35(40)29-23-19-27(20-24-29)26-17-21-28(22-18-26)34-33(37)25-39(38-34)36(30-11-5-2-6-12-30,31-13-7-3-8-14-31)32-15-9-4-10-16-32/h2-25H,1H3. The molecule has 0 atom stereocenters. The number of benzene rings is 5. The van der Waals surface area contributed by atoms with E-state index in [0.717, 1.165) is 43.5 Å². The predicted octanol–water partition coefficient (Wildman–Crippen LogP) is 8.61. The Morgan fingerprint density at radius 1 is 0.634 bits per heavy atom. The molecule has 4 nitrogen and oxygen atoms in total. The average molecular weight is 600 g/mol. The molecule has 6 rings (SSSR count). The molecule has 0 bridgehead atoms. The summed E-state index contributed by atoms with van der Waals surface area (Å²) in [5.74, 6) is -0.343. The lowest BCUT2D eigenvalue weighted by molar-refractivity contribution is 0.0600. The average Bonchev–Trinajstić information content (AvgIpc) is 3.44. The molecule has 0 unspecified atom stereocenters. The van der Waals surface area contributed by atoms with E-state index in [1.807, 2.05) is 30.3 Å². The van der Waals surface area contributed by atoms with Gasteiger partial charge in [-0.05, 0) is 55.9 Å². The molecule has 1 aromatic heterocycles. The highest BCUT2D eigenvalue weighted by Gasteiger charge is 2.39. The molecule has 5 heteroatoms. The van der Waals surface area contributed by atoms with Crippen molar-refractivity contribution in [3.8, 4) is 22.4 Å². The minimum atomic E-state index is -0.689. The van der Waals surface area contributed by atoms with E-state index in [2.05, 4.69) is 124 Å². The number of hydrogen-bond acceptors (Lipinski definition) is 3. The van der Waals surface area contributed by atoms with Crippen LogP contribution in [0.15, 0.2) is 150 Å². The molecule has 200 valence electrons. The van der Waals surface area contributed by atoms with Gasteiger partial charge in [0.05, 0.1) is 17.1 Å². The van der Waals surface area contributed by atoms with Crippen LogP contribution < -0.4 is 0 Å². The quantitative estimate of drug-likeness (QED) is 0.136. The Kier molecular flexibility index (Phi) is 7.36. The number of carbonyl (C=O) groups is 1. The molecule has 0 aliphatic rings. The number of nitrogens with zero attached hydrogens (tertiary/aromatic N) is 2. The van der Waals surface area contributed by atoms with Gasteiger partial charge in [-0.25, -0.2) is 4.79 Å². The van der Waals surface area contributed by atoms with Crippen molar-refractivity contribution in [2.75, 3.05) is 7.11 Å². The minimum absolute atomic E-state index is 0.343. The molecule has 0 amide bonds. The summed E-state index contributed by atoms with van der Waals surface area (Å²) < 4.78 is 7.79. The molecule has 6 aromatic rings. The van der Waals surface area contributed by atoms with Crippen LogP contribution in [0.1, 0.15) is 27.0 Å². The number of carbonyl (C=O) groups excluding carboxylic acids is 1. The second-order valence-corrected chi connectivity index (χ2v) is 10.6. The molecule has 41 heavy (non-hydrogen) atoms. The maximum absolute atomic E-state index is 11.8. The van der Waals surface area contributed by atoms with E-state index in [-0.39, 0.29) is 5.97 Å². The number of halogens is 1. The Hall–Kier alpha value is -4.74. The molecule has 0 aliphatic carbocycles. The van der Waals surface area contributed by atoms with E-state index in [1.165, 1.54) is 7.11 Å². The third-order valence-electron chi connectivity index (χ3n) is 7.39. The zero-order valence-corrected chi connectivity index (χ0v) is 24.0. The van der Waals surface area contributed by atoms with Crippen molar-refractivity contribution < 1.29 is 9.53 Å². The molecule has 5 aromatic carbocycles. The van der Waals surface area contributed by atoms with Crippen LogP contribution in [0.2, 0.25) is 0 Å². The zero-order valence-electron chi connectivity index (χ0n) is 22.4. The predicted molar refractivity (Wildman–Crippen MR) is 167 cm³/mol. The van der Waals surface area contributed by atoms with E-state index < -0.39 is 5.54 Å². The van der Waals surface area contributed by atoms with Crippen molar-refractivity contribution in [3.05, 3.63) is 172 Å². The highest BCUT2D eigenvalue weighted by molar-refractivity contribution is 9.10. The Balaban J connectivity index is 1.46. The maximum atomic E-state index is 11.8. The summed E-state index contributed by atoms with van der Waals surface area (Å²) in [6, 6.07) is 47.3. The minimum Gasteiger partial charge on any atom is -0.465 e. The molecule has 0 saturated carbocycles. The molecule has 1 heterocycles. The van der Waals surface area contributed by atoms with Gasteiger partial charge in [0.2, 0.25) is 0 Å². The van der Waals surface area contributed by atoms with Crippen LogP contribution in [0.3, 0.4) is 0 Å². The first kappa shape index (κ1) is 26.5. The van der Waals surface area contributed by atoms with Crippen molar-refractivity contribution in [1.29, 1.82) is 0 Å². The van der Waals surface area contributed by atoms with Gasteiger partial charge in [-0.3, -0.25) is 4.68 Å². The fraction of sp³-hybridized carbons (Fsp3) is 0.0556. The summed E-state index contributed by atoms with van der Waals surface area (Å²) in [4.78, 5) is 11.8. The molecule has 0 fully saturated rings. The van der Waals surface area contributed by atoms with Gasteiger partial charge in [-0.15, -0.1) is 0 Å². The third-order valence-corrected chi connectivity index (χ3v) is 7.97. The topological polar surface area (TPSA) is 44.1 Å². The fourth-order valence-corrected chi connectivity index (χ4v) is 5.89. The van der Waals surface area contributed by atoms with Crippen molar-refractivity contribution in [1.82, 2.24) is 9.78 Å². The van der Waals surface area contributed by atoms with Gasteiger partial charge in [-0.1, -0.05) is 127 Å². The molecule has 0 spiro atoms. The number of ether oxygens (including phenoxy) is 1. The van der Waals surface area contributed by atoms with Crippen LogP contribution in [0.4, 0.5) is 0 Å². The van der Waals surface area contributed by atoms with Crippen LogP contribution in [-0.4, -0.2) is 22.9 Å². The Labute approximate surface area is 248 Å². The zero-order chi connectivity index (χ0) is 28.2. The van der Waals surface area contributed by atoms with E-state index >= 15 is 0 Å². The van der Waals surface area contributed by atoms with Crippen LogP contribution in [0.5, 0.6) is 0 Å². The summed E-state index contributed by atoms with van der Waals surface area (Å²) in [6.45, 7) is 0. The first-order chi connectivity index (χ1) is 20.1. The van der Waals surface area contributed by atoms with Gasteiger partial charge in [0, 0.05) is 11.8 Å². The first-order valence-electron chi connectivity index (χ1n) is 13.3. The van der Waals surface area contributed by atoms with E-state index in [9.17, 15) is 4.79 Å². The SMILES string of the molecule is COC(=O)c1ccc(-c2ccc(-c3nn(C(c4ccccc4)(c4ccccc4)c4ccccc4)cc3Br)cc2)cc1. The molecule has 0 N–H and O–H groups in total. The van der Waals surface area contributed by atoms with Crippen molar-refractivity contribution in [3.63, 3.8) is 0 Å². The first-order valence-corrected chi connectivity index (χ1v) is 14.1. The summed E-state index contributed by atoms with van der Waals surface area (Å²) in [6.07, 6.45) is 2.07. The second-order valence-electron chi connectivity index (χ2n) is 9.72. The van der Waals surface area contributed by atoms with Gasteiger partial charge in [0.25, 0.3) is 0 Å². The Bertz CT molecular complexity index is 1670. The number of hydrogen-bond donors (Lipinski definition) is 0. The monoisotopic (exact) mass is 598 g/mol.